The molecule has 0 amide bonds. The molecule has 2 aromatic heterocycles. The summed E-state index contributed by atoms with van der Waals surface area (Å²) in [6, 6.07) is 40.6. The molecule has 4 nitrogen and oxygen atoms in total. The van der Waals surface area contributed by atoms with Crippen LogP contribution in [0.1, 0.15) is 112 Å². The van der Waals surface area contributed by atoms with Crippen molar-refractivity contribution in [3.05, 3.63) is 131 Å². The molecule has 4 heteroatoms. The SMILES string of the molecule is CC1(C)c2ccccc2-c2cc3c4ccccc4n(-c4nc(-c5ccc(C6CCCCC6)cc5)nc(-c5ccc(C6CCCCC6)cc5)n4)c3cc21. The van der Waals surface area contributed by atoms with Gasteiger partial charge in [-0.2, -0.15) is 9.97 Å². The van der Waals surface area contributed by atoms with Crippen molar-refractivity contribution in [1.82, 2.24) is 19.5 Å². The van der Waals surface area contributed by atoms with E-state index in [0.717, 1.165) is 22.2 Å². The summed E-state index contributed by atoms with van der Waals surface area (Å²) in [6.45, 7) is 4.70. The lowest BCUT2D eigenvalue weighted by Gasteiger charge is -2.22. The van der Waals surface area contributed by atoms with Crippen LogP contribution in [0, 0.1) is 0 Å². The Kier molecular flexibility index (Phi) is 7.63. The van der Waals surface area contributed by atoms with E-state index in [1.807, 2.05) is 0 Å². The number of fused-ring (bicyclic) bond motifs is 6. The Morgan fingerprint density at radius 3 is 1.67 bits per heavy atom. The molecule has 0 N–H and O–H groups in total. The first-order valence-corrected chi connectivity index (χ1v) is 19.7. The van der Waals surface area contributed by atoms with Crippen LogP contribution in [-0.4, -0.2) is 19.5 Å². The number of hydrogen-bond donors (Lipinski definition) is 0. The smallest absolute Gasteiger partial charge is 0.238 e. The molecule has 0 spiro atoms. The minimum atomic E-state index is -0.114. The molecule has 0 atom stereocenters. The van der Waals surface area contributed by atoms with Crippen LogP contribution in [0.4, 0.5) is 0 Å². The molecule has 3 aliphatic rings. The van der Waals surface area contributed by atoms with E-state index in [1.165, 1.54) is 108 Å². The highest BCUT2D eigenvalue weighted by molar-refractivity contribution is 6.11. The Morgan fingerprint density at radius 2 is 1.06 bits per heavy atom. The highest BCUT2D eigenvalue weighted by Crippen LogP contribution is 2.51. The standard InChI is InChI=1S/C48H46N4/c1-48(2)41-19-11-9-17-37(41)39-29-40-38-18-10-12-20-43(38)52(44(40)30-42(39)48)47-50-45(35-25-21-33(22-26-35)31-13-5-3-6-14-31)49-46(51-47)36-27-23-34(24-28-36)32-15-7-4-8-16-32/h9-12,17-32H,3-8,13-16H2,1-2H3. The van der Waals surface area contributed by atoms with Crippen molar-refractivity contribution in [2.75, 3.05) is 0 Å². The second kappa shape index (κ2) is 12.5. The predicted molar refractivity (Wildman–Crippen MR) is 214 cm³/mol. The molecule has 3 aliphatic carbocycles. The Morgan fingerprint density at radius 1 is 0.500 bits per heavy atom. The molecule has 258 valence electrons. The molecule has 10 rings (SSSR count). The van der Waals surface area contributed by atoms with Crippen LogP contribution in [0.2, 0.25) is 0 Å². The fraction of sp³-hybridized carbons (Fsp3) is 0.312. The monoisotopic (exact) mass is 678 g/mol. The number of benzene rings is 5. The van der Waals surface area contributed by atoms with Gasteiger partial charge in [-0.15, -0.1) is 0 Å². The Balaban J connectivity index is 1.16. The average Bonchev–Trinajstić information content (AvgIpc) is 3.65. The molecule has 0 saturated heterocycles. The summed E-state index contributed by atoms with van der Waals surface area (Å²) >= 11 is 0. The van der Waals surface area contributed by atoms with Gasteiger partial charge >= 0.3 is 0 Å². The van der Waals surface area contributed by atoms with Crippen molar-refractivity contribution in [2.45, 2.75) is 95.3 Å². The van der Waals surface area contributed by atoms with Crippen molar-refractivity contribution in [3.8, 4) is 39.9 Å². The summed E-state index contributed by atoms with van der Waals surface area (Å²) in [5.41, 5.74) is 12.4. The molecule has 2 saturated carbocycles. The third-order valence-electron chi connectivity index (χ3n) is 12.7. The molecular formula is C48H46N4. The molecular weight excluding hydrogens is 633 g/mol. The highest BCUT2D eigenvalue weighted by Gasteiger charge is 2.36. The zero-order valence-electron chi connectivity index (χ0n) is 30.4. The quantitative estimate of drug-likeness (QED) is 0.182. The van der Waals surface area contributed by atoms with E-state index in [-0.39, 0.29) is 5.41 Å². The van der Waals surface area contributed by atoms with Crippen LogP contribution in [0.5, 0.6) is 0 Å². The fourth-order valence-corrected chi connectivity index (χ4v) is 9.78. The normalized spacial score (nSPS) is 17.4. The molecule has 7 aromatic rings. The van der Waals surface area contributed by atoms with E-state index in [1.54, 1.807) is 0 Å². The lowest BCUT2D eigenvalue weighted by molar-refractivity contribution is 0.443. The van der Waals surface area contributed by atoms with Gasteiger partial charge in [0, 0.05) is 27.3 Å². The maximum Gasteiger partial charge on any atom is 0.238 e. The number of para-hydroxylation sites is 1. The molecule has 0 aliphatic heterocycles. The van der Waals surface area contributed by atoms with Gasteiger partial charge in [0.15, 0.2) is 11.6 Å². The minimum absolute atomic E-state index is 0.114. The highest BCUT2D eigenvalue weighted by atomic mass is 15.2. The third kappa shape index (κ3) is 5.21. The zero-order chi connectivity index (χ0) is 34.8. The van der Waals surface area contributed by atoms with Gasteiger partial charge in [-0.1, -0.05) is 143 Å². The summed E-state index contributed by atoms with van der Waals surface area (Å²) in [5, 5.41) is 2.43. The molecule has 52 heavy (non-hydrogen) atoms. The van der Waals surface area contributed by atoms with E-state index < -0.39 is 0 Å². The van der Waals surface area contributed by atoms with Gasteiger partial charge in [0.25, 0.3) is 0 Å². The Bertz CT molecular complexity index is 2360. The van der Waals surface area contributed by atoms with Gasteiger partial charge in [-0.05, 0) is 89.1 Å². The van der Waals surface area contributed by atoms with Crippen LogP contribution in [0.15, 0.2) is 109 Å². The molecule has 0 radical (unpaired) electrons. The van der Waals surface area contributed by atoms with E-state index in [2.05, 4.69) is 128 Å². The number of rotatable bonds is 5. The van der Waals surface area contributed by atoms with Gasteiger partial charge in [0.05, 0.1) is 11.0 Å². The van der Waals surface area contributed by atoms with Crippen molar-refractivity contribution in [1.29, 1.82) is 0 Å². The van der Waals surface area contributed by atoms with E-state index in [4.69, 9.17) is 15.0 Å². The largest absolute Gasteiger partial charge is 0.278 e. The topological polar surface area (TPSA) is 43.6 Å². The molecule has 0 unspecified atom stereocenters. The average molecular weight is 679 g/mol. The number of aromatic nitrogens is 4. The maximum atomic E-state index is 5.32. The van der Waals surface area contributed by atoms with Gasteiger partial charge < -0.3 is 0 Å². The Hall–Kier alpha value is -5.09. The Labute approximate surface area is 307 Å². The van der Waals surface area contributed by atoms with Crippen LogP contribution in [0.25, 0.3) is 61.7 Å². The lowest BCUT2D eigenvalue weighted by atomic mass is 9.82. The van der Waals surface area contributed by atoms with Crippen molar-refractivity contribution in [2.24, 2.45) is 0 Å². The third-order valence-corrected chi connectivity index (χ3v) is 12.7. The van der Waals surface area contributed by atoms with Crippen LogP contribution in [0.3, 0.4) is 0 Å². The first-order chi connectivity index (χ1) is 25.5. The van der Waals surface area contributed by atoms with E-state index >= 15 is 0 Å². The number of hydrogen-bond acceptors (Lipinski definition) is 3. The van der Waals surface area contributed by atoms with Crippen molar-refractivity contribution >= 4 is 21.8 Å². The van der Waals surface area contributed by atoms with Gasteiger partial charge in [-0.3, -0.25) is 4.57 Å². The zero-order valence-corrected chi connectivity index (χ0v) is 30.4. The van der Waals surface area contributed by atoms with Crippen LogP contribution < -0.4 is 0 Å². The van der Waals surface area contributed by atoms with Crippen LogP contribution in [-0.2, 0) is 5.41 Å². The summed E-state index contributed by atoms with van der Waals surface area (Å²) < 4.78 is 2.28. The first kappa shape index (κ1) is 31.6. The van der Waals surface area contributed by atoms with E-state index in [0.29, 0.717) is 29.4 Å². The van der Waals surface area contributed by atoms with Gasteiger partial charge in [-0.25, -0.2) is 4.98 Å². The molecule has 0 bridgehead atoms. The van der Waals surface area contributed by atoms with Gasteiger partial charge in [0.2, 0.25) is 5.95 Å². The summed E-state index contributed by atoms with van der Waals surface area (Å²) in [5.74, 6) is 3.40. The predicted octanol–water partition coefficient (Wildman–Crippen LogP) is 12.7. The van der Waals surface area contributed by atoms with Crippen LogP contribution >= 0.6 is 0 Å². The minimum Gasteiger partial charge on any atom is -0.278 e. The van der Waals surface area contributed by atoms with E-state index in [9.17, 15) is 0 Å². The molecule has 2 fully saturated rings. The second-order valence-electron chi connectivity index (χ2n) is 16.1. The van der Waals surface area contributed by atoms with Gasteiger partial charge in [0.1, 0.15) is 0 Å². The summed E-state index contributed by atoms with van der Waals surface area (Å²) in [6.07, 6.45) is 13.2. The molecule has 2 heterocycles. The lowest BCUT2D eigenvalue weighted by Crippen LogP contribution is -2.15. The fourth-order valence-electron chi connectivity index (χ4n) is 9.78. The molecule has 5 aromatic carbocycles. The second-order valence-corrected chi connectivity index (χ2v) is 16.1. The summed E-state index contributed by atoms with van der Waals surface area (Å²) in [7, 11) is 0. The summed E-state index contributed by atoms with van der Waals surface area (Å²) in [4.78, 5) is 15.8. The van der Waals surface area contributed by atoms with Crippen molar-refractivity contribution < 1.29 is 0 Å². The first-order valence-electron chi connectivity index (χ1n) is 19.7. The maximum absolute atomic E-state index is 5.32. The van der Waals surface area contributed by atoms with Crippen molar-refractivity contribution in [3.63, 3.8) is 0 Å². The number of nitrogens with zero attached hydrogens (tertiary/aromatic N) is 4.